The van der Waals surface area contributed by atoms with Gasteiger partial charge in [0.15, 0.2) is 0 Å². The Morgan fingerprint density at radius 3 is 2.68 bits per heavy atom. The molecule has 0 radical (unpaired) electrons. The molecule has 2 unspecified atom stereocenters. The molecule has 1 aromatic rings. The fourth-order valence-electron chi connectivity index (χ4n) is 2.91. The molecule has 0 spiro atoms. The molecular weight excluding hydrogens is 285 g/mol. The average Bonchev–Trinajstić information content (AvgIpc) is 2.41. The maximum absolute atomic E-state index is 13.6. The van der Waals surface area contributed by atoms with Crippen molar-refractivity contribution in [3.63, 3.8) is 0 Å². The summed E-state index contributed by atoms with van der Waals surface area (Å²) in [4.78, 5) is 23.5. The molecule has 0 heterocycles. The molecule has 22 heavy (non-hydrogen) atoms. The van der Waals surface area contributed by atoms with Crippen LogP contribution >= 0.6 is 0 Å². The number of halogens is 1. The molecule has 2 rings (SSSR count). The molecule has 2 amide bonds. The normalized spacial score (nSPS) is 24.6. The van der Waals surface area contributed by atoms with Crippen LogP contribution in [0.1, 0.15) is 39.5 Å². The third-order valence-corrected chi connectivity index (χ3v) is 4.12. The number of hydrogen-bond donors (Lipinski definition) is 3. The highest BCUT2D eigenvalue weighted by Crippen LogP contribution is 2.32. The summed E-state index contributed by atoms with van der Waals surface area (Å²) in [5.74, 6) is -1.35. The summed E-state index contributed by atoms with van der Waals surface area (Å²) in [6, 6.07) is 4.09. The van der Waals surface area contributed by atoms with Gasteiger partial charge in [0.05, 0.1) is 11.6 Å². The molecule has 1 aliphatic rings. The molecule has 2 atom stereocenters. The van der Waals surface area contributed by atoms with Crippen molar-refractivity contribution in [1.82, 2.24) is 0 Å². The Morgan fingerprint density at radius 2 is 2.05 bits per heavy atom. The molecule has 0 aromatic heterocycles. The lowest BCUT2D eigenvalue weighted by atomic mass is 9.74. The minimum Gasteiger partial charge on any atom is -0.326 e. The van der Waals surface area contributed by atoms with E-state index in [1.807, 2.05) is 6.92 Å². The number of carbonyl (C=O) groups excluding carboxylic acids is 2. The summed E-state index contributed by atoms with van der Waals surface area (Å²) in [6.07, 6.45) is 3.57. The SMILES string of the molecule is CC(=O)Nc1cc(NC(=O)C2CCCCC2(C)N)ccc1F. The van der Waals surface area contributed by atoms with E-state index in [1.54, 1.807) is 0 Å². The summed E-state index contributed by atoms with van der Waals surface area (Å²) in [5, 5.41) is 5.16. The first-order valence-corrected chi connectivity index (χ1v) is 7.46. The fourth-order valence-corrected chi connectivity index (χ4v) is 2.91. The highest BCUT2D eigenvalue weighted by molar-refractivity contribution is 5.95. The second kappa shape index (κ2) is 6.44. The van der Waals surface area contributed by atoms with E-state index in [4.69, 9.17) is 5.73 Å². The van der Waals surface area contributed by atoms with Crippen molar-refractivity contribution in [3.8, 4) is 0 Å². The molecule has 6 heteroatoms. The van der Waals surface area contributed by atoms with Crippen molar-refractivity contribution >= 4 is 23.2 Å². The van der Waals surface area contributed by atoms with Crippen molar-refractivity contribution in [1.29, 1.82) is 0 Å². The number of hydrogen-bond acceptors (Lipinski definition) is 3. The molecule has 0 aliphatic heterocycles. The van der Waals surface area contributed by atoms with Crippen LogP contribution in [-0.2, 0) is 9.59 Å². The van der Waals surface area contributed by atoms with E-state index in [1.165, 1.54) is 25.1 Å². The van der Waals surface area contributed by atoms with Gasteiger partial charge in [0.2, 0.25) is 11.8 Å². The second-order valence-corrected chi connectivity index (χ2v) is 6.17. The quantitative estimate of drug-likeness (QED) is 0.802. The van der Waals surface area contributed by atoms with Gasteiger partial charge in [-0.15, -0.1) is 0 Å². The lowest BCUT2D eigenvalue weighted by molar-refractivity contribution is -0.122. The summed E-state index contributed by atoms with van der Waals surface area (Å²) in [6.45, 7) is 3.19. The number of amides is 2. The van der Waals surface area contributed by atoms with Crippen molar-refractivity contribution in [2.75, 3.05) is 10.6 Å². The van der Waals surface area contributed by atoms with Crippen LogP contribution in [-0.4, -0.2) is 17.4 Å². The lowest BCUT2D eigenvalue weighted by Crippen LogP contribution is -2.51. The van der Waals surface area contributed by atoms with E-state index in [9.17, 15) is 14.0 Å². The van der Waals surface area contributed by atoms with Gasteiger partial charge < -0.3 is 16.4 Å². The van der Waals surface area contributed by atoms with Gasteiger partial charge in [0.1, 0.15) is 5.82 Å². The van der Waals surface area contributed by atoms with Crippen LogP contribution < -0.4 is 16.4 Å². The molecule has 120 valence electrons. The maximum Gasteiger partial charge on any atom is 0.229 e. The minimum atomic E-state index is -0.547. The Kier molecular flexibility index (Phi) is 4.81. The van der Waals surface area contributed by atoms with Crippen molar-refractivity contribution in [3.05, 3.63) is 24.0 Å². The van der Waals surface area contributed by atoms with Crippen molar-refractivity contribution in [2.45, 2.75) is 45.1 Å². The highest BCUT2D eigenvalue weighted by Gasteiger charge is 2.37. The molecule has 1 aromatic carbocycles. The van der Waals surface area contributed by atoms with Crippen LogP contribution in [0.15, 0.2) is 18.2 Å². The third-order valence-electron chi connectivity index (χ3n) is 4.12. The number of benzene rings is 1. The topological polar surface area (TPSA) is 84.2 Å². The molecule has 0 bridgehead atoms. The van der Waals surface area contributed by atoms with E-state index in [0.29, 0.717) is 5.69 Å². The van der Waals surface area contributed by atoms with Crippen LogP contribution in [0.5, 0.6) is 0 Å². The Bertz CT molecular complexity index is 587. The molecule has 4 N–H and O–H groups in total. The van der Waals surface area contributed by atoms with Crippen LogP contribution in [0.4, 0.5) is 15.8 Å². The molecule has 5 nitrogen and oxygen atoms in total. The van der Waals surface area contributed by atoms with E-state index < -0.39 is 11.4 Å². The molecule has 1 fully saturated rings. The Labute approximate surface area is 129 Å². The van der Waals surface area contributed by atoms with Gasteiger partial charge in [-0.25, -0.2) is 4.39 Å². The van der Waals surface area contributed by atoms with E-state index in [2.05, 4.69) is 10.6 Å². The number of nitrogens with one attached hydrogen (secondary N) is 2. The summed E-state index contributed by atoms with van der Waals surface area (Å²) in [5.41, 5.74) is 6.18. The van der Waals surface area contributed by atoms with Crippen LogP contribution in [0, 0.1) is 11.7 Å². The number of nitrogens with two attached hydrogens (primary N) is 1. The van der Waals surface area contributed by atoms with Gasteiger partial charge in [-0.05, 0) is 38.0 Å². The van der Waals surface area contributed by atoms with Crippen LogP contribution in [0.2, 0.25) is 0 Å². The van der Waals surface area contributed by atoms with E-state index in [0.717, 1.165) is 25.7 Å². The van der Waals surface area contributed by atoms with Gasteiger partial charge in [0.25, 0.3) is 0 Å². The van der Waals surface area contributed by atoms with Gasteiger partial charge in [-0.1, -0.05) is 12.8 Å². The molecule has 1 aliphatic carbocycles. The van der Waals surface area contributed by atoms with E-state index in [-0.39, 0.29) is 23.4 Å². The zero-order valence-electron chi connectivity index (χ0n) is 12.9. The van der Waals surface area contributed by atoms with Crippen LogP contribution in [0.25, 0.3) is 0 Å². The third kappa shape index (κ3) is 3.82. The second-order valence-electron chi connectivity index (χ2n) is 6.17. The predicted octanol–water partition coefficient (Wildman–Crippen LogP) is 2.63. The van der Waals surface area contributed by atoms with Gasteiger partial charge >= 0.3 is 0 Å². The first-order valence-electron chi connectivity index (χ1n) is 7.46. The monoisotopic (exact) mass is 307 g/mol. The minimum absolute atomic E-state index is 0.0458. The average molecular weight is 307 g/mol. The summed E-state index contributed by atoms with van der Waals surface area (Å²) < 4.78 is 13.6. The highest BCUT2D eigenvalue weighted by atomic mass is 19.1. The Hall–Kier alpha value is -1.95. The largest absolute Gasteiger partial charge is 0.326 e. The lowest BCUT2D eigenvalue weighted by Gasteiger charge is -2.37. The zero-order chi connectivity index (χ0) is 16.3. The Morgan fingerprint density at radius 1 is 1.32 bits per heavy atom. The standard InChI is InChI=1S/C16H22FN3O2/c1-10(21)19-14-9-11(6-7-13(14)17)20-15(22)12-5-3-4-8-16(12,2)18/h6-7,9,12H,3-5,8,18H2,1-2H3,(H,19,21)(H,20,22). The zero-order valence-corrected chi connectivity index (χ0v) is 12.9. The fraction of sp³-hybridized carbons (Fsp3) is 0.500. The number of rotatable bonds is 3. The van der Waals surface area contributed by atoms with Gasteiger partial charge in [-0.3, -0.25) is 9.59 Å². The van der Waals surface area contributed by atoms with Crippen molar-refractivity contribution in [2.24, 2.45) is 11.7 Å². The maximum atomic E-state index is 13.6. The number of anilines is 2. The summed E-state index contributed by atoms with van der Waals surface area (Å²) >= 11 is 0. The molecule has 1 saturated carbocycles. The predicted molar refractivity (Wildman–Crippen MR) is 83.9 cm³/mol. The first-order chi connectivity index (χ1) is 10.3. The van der Waals surface area contributed by atoms with Gasteiger partial charge in [-0.2, -0.15) is 0 Å². The number of carbonyl (C=O) groups is 2. The Balaban J connectivity index is 2.13. The van der Waals surface area contributed by atoms with Gasteiger partial charge in [0, 0.05) is 18.2 Å². The molecule has 0 saturated heterocycles. The molecular formula is C16H22FN3O2. The van der Waals surface area contributed by atoms with Crippen LogP contribution in [0.3, 0.4) is 0 Å². The smallest absolute Gasteiger partial charge is 0.229 e. The van der Waals surface area contributed by atoms with Crippen molar-refractivity contribution < 1.29 is 14.0 Å². The van der Waals surface area contributed by atoms with E-state index >= 15 is 0 Å². The first kappa shape index (κ1) is 16.4. The summed E-state index contributed by atoms with van der Waals surface area (Å²) in [7, 11) is 0.